The summed E-state index contributed by atoms with van der Waals surface area (Å²) in [6.45, 7) is 4.07. The summed E-state index contributed by atoms with van der Waals surface area (Å²) in [4.78, 5) is 55.0. The molecule has 4 amide bonds. The van der Waals surface area contributed by atoms with E-state index in [1.807, 2.05) is 74.5 Å². The third-order valence-electron chi connectivity index (χ3n) is 8.74. The van der Waals surface area contributed by atoms with E-state index in [1.165, 1.54) is 0 Å². The maximum atomic E-state index is 13.9. The molecule has 224 valence electrons. The maximum Gasteiger partial charge on any atom is 0.247 e. The molecule has 0 bridgehead atoms. The second-order valence-electron chi connectivity index (χ2n) is 12.5. The molecule has 9 heteroatoms. The van der Waals surface area contributed by atoms with Crippen LogP contribution in [-0.4, -0.2) is 57.8 Å². The summed E-state index contributed by atoms with van der Waals surface area (Å²) in [6, 6.07) is 17.5. The van der Waals surface area contributed by atoms with E-state index in [0.717, 1.165) is 49.8 Å². The highest BCUT2D eigenvalue weighted by Crippen LogP contribution is 2.46. The smallest absolute Gasteiger partial charge is 0.247 e. The first kappa shape index (κ1) is 30.1. The Bertz CT molecular complexity index is 1260. The third-order valence-corrected chi connectivity index (χ3v) is 10.0. The lowest BCUT2D eigenvalue weighted by Crippen LogP contribution is -2.55. The van der Waals surface area contributed by atoms with Gasteiger partial charge in [-0.2, -0.15) is 0 Å². The first-order valence-corrected chi connectivity index (χ1v) is 16.2. The molecule has 0 aromatic heterocycles. The Morgan fingerprint density at radius 1 is 0.929 bits per heavy atom. The molecule has 0 radical (unpaired) electrons. The molecule has 2 aliphatic heterocycles. The second-order valence-corrected chi connectivity index (χ2v) is 13.8. The summed E-state index contributed by atoms with van der Waals surface area (Å²) in [6.07, 6.45) is 5.41. The Kier molecular flexibility index (Phi) is 9.56. The highest BCUT2D eigenvalue weighted by Gasteiger charge is 2.53. The predicted molar refractivity (Wildman–Crippen MR) is 164 cm³/mol. The highest BCUT2D eigenvalue weighted by atomic mass is 32.2. The van der Waals surface area contributed by atoms with Crippen molar-refractivity contribution in [3.63, 3.8) is 0 Å². The fourth-order valence-corrected chi connectivity index (χ4v) is 8.12. The molecule has 2 heterocycles. The molecular weight excluding hydrogens is 548 g/mol. The Morgan fingerprint density at radius 3 is 2.21 bits per heavy atom. The summed E-state index contributed by atoms with van der Waals surface area (Å²) in [7, 11) is 0. The largest absolute Gasteiger partial charge is 0.353 e. The van der Waals surface area contributed by atoms with Gasteiger partial charge in [0.15, 0.2) is 0 Å². The van der Waals surface area contributed by atoms with Gasteiger partial charge in [0.1, 0.15) is 12.1 Å². The zero-order chi connectivity index (χ0) is 29.7. The number of amides is 4. The molecule has 3 N–H and O–H groups in total. The normalized spacial score (nSPS) is 26.0. The number of hydrogen-bond donors (Lipinski definition) is 3. The Balaban J connectivity index is 1.21. The van der Waals surface area contributed by atoms with Crippen molar-refractivity contribution in [2.24, 2.45) is 5.41 Å². The van der Waals surface area contributed by atoms with E-state index in [4.69, 9.17) is 0 Å². The van der Waals surface area contributed by atoms with Gasteiger partial charge in [0, 0.05) is 18.5 Å². The van der Waals surface area contributed by atoms with Crippen molar-refractivity contribution in [2.75, 3.05) is 5.75 Å². The molecule has 2 saturated heterocycles. The van der Waals surface area contributed by atoms with Crippen LogP contribution >= 0.6 is 11.8 Å². The van der Waals surface area contributed by atoms with E-state index in [0.29, 0.717) is 18.4 Å². The van der Waals surface area contributed by atoms with E-state index >= 15 is 0 Å². The Labute approximate surface area is 252 Å². The number of benzene rings is 2. The molecule has 1 aliphatic carbocycles. The third kappa shape index (κ3) is 7.17. The van der Waals surface area contributed by atoms with Crippen molar-refractivity contribution in [1.29, 1.82) is 0 Å². The van der Waals surface area contributed by atoms with Crippen molar-refractivity contribution < 1.29 is 19.2 Å². The lowest BCUT2D eigenvalue weighted by atomic mass is 9.84. The van der Waals surface area contributed by atoms with Gasteiger partial charge in [0.05, 0.1) is 11.8 Å². The van der Waals surface area contributed by atoms with Crippen LogP contribution in [0.2, 0.25) is 0 Å². The van der Waals surface area contributed by atoms with Crippen LogP contribution in [0.15, 0.2) is 60.7 Å². The molecule has 3 atom stereocenters. The lowest BCUT2D eigenvalue weighted by molar-refractivity contribution is -0.142. The molecule has 3 aliphatic rings. The topological polar surface area (TPSA) is 108 Å². The highest BCUT2D eigenvalue weighted by molar-refractivity contribution is 7.99. The van der Waals surface area contributed by atoms with Crippen molar-refractivity contribution >= 4 is 35.4 Å². The standard InChI is InChI=1S/C33H42N4O4S/c1-33(2)21-28-37(27(39)14-9-19-42-28)30(33)32(41)36-29(23-12-7-4-8-13-23)31(40)35-25-17-15-24(16-18-25)34-26(38)20-22-10-5-3-6-11-22/h3-8,10-13,24-25,28-30H,9,14-21H2,1-2H3,(H,34,38)(H,35,40)(H,36,41)/t24-,25-,28-,29-,30+/m0/s1. The van der Waals surface area contributed by atoms with Gasteiger partial charge in [-0.1, -0.05) is 74.5 Å². The minimum absolute atomic E-state index is 0.0129. The molecule has 1 saturated carbocycles. The summed E-state index contributed by atoms with van der Waals surface area (Å²) in [5.74, 6) is 0.399. The van der Waals surface area contributed by atoms with Gasteiger partial charge in [-0.25, -0.2) is 0 Å². The summed E-state index contributed by atoms with van der Waals surface area (Å²) < 4.78 is 0. The fourth-order valence-electron chi connectivity index (χ4n) is 6.59. The monoisotopic (exact) mass is 590 g/mol. The van der Waals surface area contributed by atoms with Crippen molar-refractivity contribution in [3.8, 4) is 0 Å². The predicted octanol–water partition coefficient (Wildman–Crippen LogP) is 4.11. The summed E-state index contributed by atoms with van der Waals surface area (Å²) >= 11 is 1.75. The minimum Gasteiger partial charge on any atom is -0.353 e. The molecule has 3 fully saturated rings. The van der Waals surface area contributed by atoms with Gasteiger partial charge in [0.2, 0.25) is 23.6 Å². The summed E-state index contributed by atoms with van der Waals surface area (Å²) in [5.41, 5.74) is 1.28. The van der Waals surface area contributed by atoms with Crippen molar-refractivity contribution in [3.05, 3.63) is 71.8 Å². The summed E-state index contributed by atoms with van der Waals surface area (Å²) in [5, 5.41) is 9.34. The quantitative estimate of drug-likeness (QED) is 0.429. The Hall–Kier alpha value is -3.33. The van der Waals surface area contributed by atoms with Crippen molar-refractivity contribution in [2.45, 2.75) is 94.8 Å². The average molecular weight is 591 g/mol. The number of hydrogen-bond acceptors (Lipinski definition) is 5. The molecule has 5 rings (SSSR count). The average Bonchev–Trinajstić information content (AvgIpc) is 3.14. The minimum atomic E-state index is -0.869. The first-order chi connectivity index (χ1) is 20.2. The molecule has 2 aromatic carbocycles. The molecule has 0 unspecified atom stereocenters. The van der Waals surface area contributed by atoms with Gasteiger partial charge in [-0.05, 0) is 60.8 Å². The molecule has 2 aromatic rings. The number of thioether (sulfide) groups is 1. The van der Waals surface area contributed by atoms with Crippen LogP contribution in [-0.2, 0) is 25.6 Å². The fraction of sp³-hybridized carbons (Fsp3) is 0.515. The maximum absolute atomic E-state index is 13.9. The van der Waals surface area contributed by atoms with Gasteiger partial charge in [0.25, 0.3) is 0 Å². The molecule has 8 nitrogen and oxygen atoms in total. The van der Waals surface area contributed by atoms with Gasteiger partial charge in [-0.3, -0.25) is 19.2 Å². The van der Waals surface area contributed by atoms with E-state index < -0.39 is 17.5 Å². The molecule has 42 heavy (non-hydrogen) atoms. The zero-order valence-electron chi connectivity index (χ0n) is 24.5. The zero-order valence-corrected chi connectivity index (χ0v) is 25.3. The van der Waals surface area contributed by atoms with Crippen LogP contribution < -0.4 is 16.0 Å². The molecular formula is C33H42N4O4S. The van der Waals surface area contributed by atoms with Crippen LogP contribution in [0.4, 0.5) is 0 Å². The Morgan fingerprint density at radius 2 is 1.55 bits per heavy atom. The van der Waals surface area contributed by atoms with E-state index in [1.54, 1.807) is 16.7 Å². The second kappa shape index (κ2) is 13.3. The lowest BCUT2D eigenvalue weighted by Gasteiger charge is -2.34. The number of fused-ring (bicyclic) bond motifs is 1. The van der Waals surface area contributed by atoms with Crippen LogP contribution in [0.5, 0.6) is 0 Å². The van der Waals surface area contributed by atoms with Crippen LogP contribution in [0, 0.1) is 5.41 Å². The SMILES string of the molecule is CC1(C)C[C@@H]2SCCCC(=O)N2[C@@H]1C(=O)N[C@H](C(=O)N[C@H]1CC[C@H](NC(=O)Cc2ccccc2)CC1)c1ccccc1. The number of rotatable bonds is 8. The van der Waals surface area contributed by atoms with Crippen LogP contribution in [0.3, 0.4) is 0 Å². The van der Waals surface area contributed by atoms with E-state index in [-0.39, 0.29) is 41.1 Å². The number of nitrogens with one attached hydrogen (secondary N) is 3. The van der Waals surface area contributed by atoms with Gasteiger partial charge < -0.3 is 20.9 Å². The van der Waals surface area contributed by atoms with Crippen LogP contribution in [0.1, 0.15) is 76.0 Å². The van der Waals surface area contributed by atoms with Crippen molar-refractivity contribution in [1.82, 2.24) is 20.9 Å². The van der Waals surface area contributed by atoms with Gasteiger partial charge >= 0.3 is 0 Å². The number of carbonyl (C=O) groups excluding carboxylic acids is 4. The van der Waals surface area contributed by atoms with E-state index in [2.05, 4.69) is 16.0 Å². The van der Waals surface area contributed by atoms with Crippen LogP contribution in [0.25, 0.3) is 0 Å². The van der Waals surface area contributed by atoms with E-state index in [9.17, 15) is 19.2 Å². The first-order valence-electron chi connectivity index (χ1n) is 15.1. The number of carbonyl (C=O) groups is 4. The molecule has 0 spiro atoms. The van der Waals surface area contributed by atoms with Gasteiger partial charge in [-0.15, -0.1) is 11.8 Å². The number of nitrogens with zero attached hydrogens (tertiary/aromatic N) is 1.